The number of hydrogen-bond acceptors (Lipinski definition) is 7. The molecule has 3 aliphatic heterocycles. The maximum absolute atomic E-state index is 13.3. The zero-order chi connectivity index (χ0) is 30.8. The number of fused-ring (bicyclic) bond motifs is 1. The molecule has 2 aromatic rings. The van der Waals surface area contributed by atoms with Gasteiger partial charge in [-0.25, -0.2) is 4.79 Å². The molecule has 43 heavy (non-hydrogen) atoms. The first kappa shape index (κ1) is 30.8. The fourth-order valence-corrected chi connectivity index (χ4v) is 5.93. The standard InChI is InChI=1S/C33H43N3O7/c1-32(2,3)43-31(39)34-18-22-8-6-9-24(16-22)23-12-14-35(15-13-23)30(38)25-10-7-11-26(17-25)40-21-29(37)36-19-27-28(20-36)42-33(4,5)41-27/h6-11,16-17,23,27-28H,12-15,18-21H2,1-5H3,(H,34,39). The smallest absolute Gasteiger partial charge is 0.407 e. The first-order valence-corrected chi connectivity index (χ1v) is 15.1. The van der Waals surface area contributed by atoms with Crippen LogP contribution in [0.4, 0.5) is 4.79 Å². The van der Waals surface area contributed by atoms with Crippen LogP contribution in [0.1, 0.15) is 74.9 Å². The Hall–Kier alpha value is -3.63. The highest BCUT2D eigenvalue weighted by Gasteiger charge is 2.47. The van der Waals surface area contributed by atoms with Crippen molar-refractivity contribution in [1.29, 1.82) is 0 Å². The molecular weight excluding hydrogens is 550 g/mol. The van der Waals surface area contributed by atoms with E-state index >= 15 is 0 Å². The van der Waals surface area contributed by atoms with Crippen molar-refractivity contribution in [1.82, 2.24) is 15.1 Å². The number of piperidine rings is 1. The van der Waals surface area contributed by atoms with E-state index < -0.39 is 17.5 Å². The third-order valence-electron chi connectivity index (χ3n) is 7.92. The number of benzene rings is 2. The molecule has 3 saturated heterocycles. The van der Waals surface area contributed by atoms with E-state index in [1.54, 1.807) is 29.2 Å². The highest BCUT2D eigenvalue weighted by molar-refractivity contribution is 5.94. The van der Waals surface area contributed by atoms with Crippen LogP contribution in [0.25, 0.3) is 0 Å². The van der Waals surface area contributed by atoms with Gasteiger partial charge in [-0.1, -0.05) is 30.3 Å². The van der Waals surface area contributed by atoms with Crippen LogP contribution >= 0.6 is 0 Å². The predicted octanol–water partition coefficient (Wildman–Crippen LogP) is 4.47. The lowest BCUT2D eigenvalue weighted by atomic mass is 9.88. The van der Waals surface area contributed by atoms with Gasteiger partial charge < -0.3 is 34.1 Å². The lowest BCUT2D eigenvalue weighted by Gasteiger charge is -2.32. The molecule has 3 aliphatic rings. The van der Waals surface area contributed by atoms with Gasteiger partial charge in [-0.3, -0.25) is 9.59 Å². The zero-order valence-electron chi connectivity index (χ0n) is 25.8. The minimum atomic E-state index is -0.615. The lowest BCUT2D eigenvalue weighted by Crippen LogP contribution is -2.38. The number of amides is 3. The quantitative estimate of drug-likeness (QED) is 0.505. The van der Waals surface area contributed by atoms with Gasteiger partial charge in [0.25, 0.3) is 11.8 Å². The molecule has 0 spiro atoms. The van der Waals surface area contributed by atoms with Gasteiger partial charge >= 0.3 is 6.09 Å². The van der Waals surface area contributed by atoms with Gasteiger partial charge in [0.05, 0.1) is 0 Å². The second kappa shape index (κ2) is 12.5. The summed E-state index contributed by atoms with van der Waals surface area (Å²) in [7, 11) is 0. The van der Waals surface area contributed by atoms with E-state index in [0.29, 0.717) is 50.0 Å². The number of nitrogens with zero attached hydrogens (tertiary/aromatic N) is 2. The van der Waals surface area contributed by atoms with E-state index in [0.717, 1.165) is 18.4 Å². The summed E-state index contributed by atoms with van der Waals surface area (Å²) in [4.78, 5) is 41.7. The summed E-state index contributed by atoms with van der Waals surface area (Å²) >= 11 is 0. The van der Waals surface area contributed by atoms with Crippen molar-refractivity contribution in [2.24, 2.45) is 0 Å². The van der Waals surface area contributed by atoms with Gasteiger partial charge in [-0.05, 0) is 82.7 Å². The van der Waals surface area contributed by atoms with Gasteiger partial charge in [-0.15, -0.1) is 0 Å². The first-order valence-electron chi connectivity index (χ1n) is 15.1. The molecule has 0 aliphatic carbocycles. The highest BCUT2D eigenvalue weighted by atomic mass is 16.8. The molecule has 1 N–H and O–H groups in total. The third-order valence-corrected chi connectivity index (χ3v) is 7.92. The minimum absolute atomic E-state index is 0.0465. The Balaban J connectivity index is 1.09. The first-order chi connectivity index (χ1) is 20.3. The molecule has 3 heterocycles. The molecule has 232 valence electrons. The zero-order valence-corrected chi connectivity index (χ0v) is 25.8. The van der Waals surface area contributed by atoms with Crippen molar-refractivity contribution in [3.05, 3.63) is 65.2 Å². The predicted molar refractivity (Wildman–Crippen MR) is 160 cm³/mol. The number of carbonyl (C=O) groups excluding carboxylic acids is 3. The lowest BCUT2D eigenvalue weighted by molar-refractivity contribution is -0.161. The van der Waals surface area contributed by atoms with Gasteiger partial charge in [0.15, 0.2) is 12.4 Å². The maximum Gasteiger partial charge on any atom is 0.407 e. The van der Waals surface area contributed by atoms with Crippen LogP contribution in [0.15, 0.2) is 48.5 Å². The number of likely N-dealkylation sites (tertiary alicyclic amines) is 2. The van der Waals surface area contributed by atoms with Crippen LogP contribution in [0.5, 0.6) is 5.75 Å². The number of alkyl carbamates (subject to hydrolysis) is 1. The highest BCUT2D eigenvalue weighted by Crippen LogP contribution is 2.33. The van der Waals surface area contributed by atoms with Gasteiger partial charge in [-0.2, -0.15) is 0 Å². The molecule has 0 aromatic heterocycles. The van der Waals surface area contributed by atoms with Crippen molar-refractivity contribution in [2.75, 3.05) is 32.8 Å². The van der Waals surface area contributed by atoms with E-state index in [4.69, 9.17) is 18.9 Å². The Bertz CT molecular complexity index is 1310. The van der Waals surface area contributed by atoms with E-state index in [-0.39, 0.29) is 30.6 Å². The van der Waals surface area contributed by atoms with Crippen molar-refractivity contribution in [2.45, 2.75) is 83.5 Å². The Labute approximate surface area is 253 Å². The van der Waals surface area contributed by atoms with E-state index in [1.807, 2.05) is 51.7 Å². The molecule has 3 amide bonds. The summed E-state index contributed by atoms with van der Waals surface area (Å²) < 4.78 is 22.8. The SMILES string of the molecule is CC(C)(C)OC(=O)NCc1cccc(C2CCN(C(=O)c3cccc(OCC(=O)N4CC5OC(C)(C)OC5C4)c3)CC2)c1. The molecule has 10 heteroatoms. The average molecular weight is 594 g/mol. The Morgan fingerprint density at radius 2 is 1.63 bits per heavy atom. The molecule has 0 saturated carbocycles. The Morgan fingerprint density at radius 3 is 2.30 bits per heavy atom. The van der Waals surface area contributed by atoms with Crippen molar-refractivity contribution in [3.63, 3.8) is 0 Å². The summed E-state index contributed by atoms with van der Waals surface area (Å²) in [6.07, 6.45) is 1.03. The monoisotopic (exact) mass is 593 g/mol. The molecule has 3 fully saturated rings. The number of hydrogen-bond donors (Lipinski definition) is 1. The minimum Gasteiger partial charge on any atom is -0.484 e. The molecule has 0 bridgehead atoms. The Morgan fingerprint density at radius 1 is 0.953 bits per heavy atom. The summed E-state index contributed by atoms with van der Waals surface area (Å²) in [6, 6.07) is 15.2. The fourth-order valence-electron chi connectivity index (χ4n) is 5.93. The normalized spacial score (nSPS) is 21.8. The number of carbonyl (C=O) groups is 3. The third kappa shape index (κ3) is 8.06. The Kier molecular flexibility index (Phi) is 8.99. The molecular formula is C33H43N3O7. The summed E-state index contributed by atoms with van der Waals surface area (Å²) in [5, 5.41) is 2.82. The second-order valence-electron chi connectivity index (χ2n) is 13.0. The summed E-state index contributed by atoms with van der Waals surface area (Å²) in [5.41, 5.74) is 2.22. The van der Waals surface area contributed by atoms with E-state index in [9.17, 15) is 14.4 Å². The van der Waals surface area contributed by atoms with Crippen LogP contribution in [0, 0.1) is 0 Å². The van der Waals surface area contributed by atoms with Crippen molar-refractivity contribution in [3.8, 4) is 5.75 Å². The maximum atomic E-state index is 13.3. The number of nitrogens with one attached hydrogen (secondary N) is 1. The number of rotatable bonds is 7. The largest absolute Gasteiger partial charge is 0.484 e. The van der Waals surface area contributed by atoms with Gasteiger partial charge in [0, 0.05) is 38.3 Å². The fraction of sp³-hybridized carbons (Fsp3) is 0.545. The van der Waals surface area contributed by atoms with Gasteiger partial charge in [0.1, 0.15) is 23.6 Å². The van der Waals surface area contributed by atoms with Crippen LogP contribution in [-0.4, -0.2) is 84.1 Å². The topological polar surface area (TPSA) is 107 Å². The summed E-state index contributed by atoms with van der Waals surface area (Å²) in [5.74, 6) is 0.0195. The van der Waals surface area contributed by atoms with Crippen LogP contribution < -0.4 is 10.1 Å². The summed E-state index contributed by atoms with van der Waals surface area (Å²) in [6.45, 7) is 11.8. The van der Waals surface area contributed by atoms with Crippen molar-refractivity contribution >= 4 is 17.9 Å². The molecule has 10 nitrogen and oxygen atoms in total. The molecule has 5 rings (SSSR count). The molecule has 2 atom stereocenters. The van der Waals surface area contributed by atoms with Crippen LogP contribution in [-0.2, 0) is 25.5 Å². The molecule has 2 aromatic carbocycles. The molecule has 2 unspecified atom stereocenters. The van der Waals surface area contributed by atoms with E-state index in [2.05, 4.69) is 17.4 Å². The van der Waals surface area contributed by atoms with Crippen molar-refractivity contribution < 1.29 is 33.3 Å². The van der Waals surface area contributed by atoms with Crippen LogP contribution in [0.2, 0.25) is 0 Å². The second-order valence-corrected chi connectivity index (χ2v) is 13.0. The van der Waals surface area contributed by atoms with Gasteiger partial charge in [0.2, 0.25) is 0 Å². The molecule has 0 radical (unpaired) electrons. The van der Waals surface area contributed by atoms with Crippen LogP contribution in [0.3, 0.4) is 0 Å². The van der Waals surface area contributed by atoms with E-state index in [1.165, 1.54) is 5.56 Å². The average Bonchev–Trinajstić information content (AvgIpc) is 3.48. The number of ether oxygens (including phenoxy) is 4.